The molecule has 0 aromatic heterocycles. The van der Waals surface area contributed by atoms with E-state index in [1.54, 1.807) is 0 Å². The number of halogens is 5. The third kappa shape index (κ3) is 76.9. The highest BCUT2D eigenvalue weighted by Gasteiger charge is 1.88. The predicted molar refractivity (Wildman–Crippen MR) is 40.8 cm³/mol. The van der Waals surface area contributed by atoms with Crippen LogP contribution in [0.15, 0.2) is 0 Å². The SMILES string of the molecule is Cl[Si](Cl)Cl.Cl[Si]Cl. The Morgan fingerprint density at radius 1 is 1.00 bits per heavy atom. The van der Waals surface area contributed by atoms with Crippen LogP contribution in [0.3, 0.4) is 0 Å². The molecular weight excluding hydrogens is 233 g/mol. The quantitative estimate of drug-likeness (QED) is 0.446. The normalized spacial score (nSPS) is 7.71. The molecule has 0 fully saturated rings. The molecule has 0 amide bonds. The Hall–Kier alpha value is 1.88. The van der Waals surface area contributed by atoms with E-state index in [2.05, 4.69) is 0 Å². The van der Waals surface area contributed by atoms with E-state index in [0.717, 1.165) is 0 Å². The molecule has 0 spiro atoms. The molecule has 0 aliphatic heterocycles. The van der Waals surface area contributed by atoms with E-state index in [1.807, 2.05) is 0 Å². The van der Waals surface area contributed by atoms with Gasteiger partial charge in [0.2, 0.25) is 0 Å². The summed E-state index contributed by atoms with van der Waals surface area (Å²) in [6, 6.07) is 0. The molecule has 0 unspecified atom stereocenters. The van der Waals surface area contributed by atoms with E-state index in [0.29, 0.717) is 0 Å². The van der Waals surface area contributed by atoms with Crippen molar-refractivity contribution in [3.63, 3.8) is 0 Å². The molecule has 43 valence electrons. The number of hydrogen-bond acceptors (Lipinski definition) is 0. The fourth-order valence-electron chi connectivity index (χ4n) is 0. The fourth-order valence-corrected chi connectivity index (χ4v) is 0. The van der Waals surface area contributed by atoms with Gasteiger partial charge in [0.1, 0.15) is 0 Å². The van der Waals surface area contributed by atoms with Crippen LogP contribution in [0.4, 0.5) is 0 Å². The second kappa shape index (κ2) is 10.8. The van der Waals surface area contributed by atoms with Gasteiger partial charge in [0.15, 0.2) is 0 Å². The summed E-state index contributed by atoms with van der Waals surface area (Å²) in [5.41, 5.74) is 0. The minimum absolute atomic E-state index is 0.0278. The van der Waals surface area contributed by atoms with E-state index < -0.39 is 6.73 Å². The van der Waals surface area contributed by atoms with Gasteiger partial charge >= 0.3 is 6.73 Å². The molecular formula is Cl5Si2. The van der Waals surface area contributed by atoms with E-state index in [1.165, 1.54) is 0 Å². The molecule has 0 aliphatic carbocycles. The Morgan fingerprint density at radius 2 is 1.00 bits per heavy atom. The van der Waals surface area contributed by atoms with Gasteiger partial charge in [-0.2, -0.15) is 0 Å². The predicted octanol–water partition coefficient (Wildman–Crippen LogP) is 2.69. The molecule has 0 saturated carbocycles. The monoisotopic (exact) mass is 231 g/mol. The van der Waals surface area contributed by atoms with Crippen molar-refractivity contribution in [3.8, 4) is 0 Å². The maximum absolute atomic E-state index is 4.91. The lowest BCUT2D eigenvalue weighted by Gasteiger charge is -1.62. The first-order valence-corrected chi connectivity index (χ1v) is 8.50. The van der Waals surface area contributed by atoms with Crippen molar-refractivity contribution in [2.24, 2.45) is 0 Å². The lowest BCUT2D eigenvalue weighted by molar-refractivity contribution is 4.07. The van der Waals surface area contributed by atoms with Crippen LogP contribution in [0, 0.1) is 0 Å². The van der Waals surface area contributed by atoms with Crippen molar-refractivity contribution in [1.82, 2.24) is 0 Å². The molecule has 0 rings (SSSR count). The van der Waals surface area contributed by atoms with Gasteiger partial charge < -0.3 is 0 Å². The molecule has 0 nitrogen and oxygen atoms in total. The van der Waals surface area contributed by atoms with Crippen LogP contribution < -0.4 is 0 Å². The van der Waals surface area contributed by atoms with E-state index in [9.17, 15) is 0 Å². The summed E-state index contributed by atoms with van der Waals surface area (Å²) in [4.78, 5) is 0. The zero-order valence-electron chi connectivity index (χ0n) is 2.89. The van der Waals surface area contributed by atoms with E-state index in [-0.39, 0.29) is 8.14 Å². The molecule has 7 heavy (non-hydrogen) atoms. The molecule has 0 atom stereocenters. The first-order valence-electron chi connectivity index (χ1n) is 0.945. The van der Waals surface area contributed by atoms with Gasteiger partial charge in [-0.15, -0.1) is 55.4 Å². The van der Waals surface area contributed by atoms with Crippen molar-refractivity contribution in [2.75, 3.05) is 0 Å². The Morgan fingerprint density at radius 3 is 1.00 bits per heavy atom. The Bertz CT molecular complexity index is 17.3. The molecule has 0 aromatic rings. The molecule has 3 radical (unpaired) electrons. The van der Waals surface area contributed by atoms with E-state index in [4.69, 9.17) is 55.4 Å². The minimum atomic E-state index is -1.46. The van der Waals surface area contributed by atoms with Gasteiger partial charge in [-0.1, -0.05) is 0 Å². The number of hydrogen-bond donors (Lipinski definition) is 0. The molecule has 0 saturated heterocycles. The molecule has 7 heteroatoms. The average Bonchev–Trinajstić information content (AvgIpc) is 1.33. The van der Waals surface area contributed by atoms with Crippen molar-refractivity contribution in [2.45, 2.75) is 0 Å². The van der Waals surface area contributed by atoms with Crippen LogP contribution in [-0.4, -0.2) is 14.9 Å². The van der Waals surface area contributed by atoms with Gasteiger partial charge in [-0.25, -0.2) is 0 Å². The fraction of sp³-hybridized carbons (Fsp3) is 0. The Labute approximate surface area is 70.0 Å². The minimum Gasteiger partial charge on any atom is -0.148 e. The Kier molecular flexibility index (Phi) is 18.0. The summed E-state index contributed by atoms with van der Waals surface area (Å²) in [6.07, 6.45) is 0. The molecule has 0 aromatic carbocycles. The summed E-state index contributed by atoms with van der Waals surface area (Å²) < 4.78 is 0. The topological polar surface area (TPSA) is 0 Å². The second-order valence-corrected chi connectivity index (χ2v) is 7.71. The van der Waals surface area contributed by atoms with E-state index >= 15 is 0 Å². The highest BCUT2D eigenvalue weighted by Crippen LogP contribution is 1.97. The van der Waals surface area contributed by atoms with Gasteiger partial charge in [0.05, 0.1) is 0 Å². The summed E-state index contributed by atoms with van der Waals surface area (Å²) in [5, 5.41) is 0. The maximum atomic E-state index is 4.91. The first kappa shape index (κ1) is 11.7. The van der Waals surface area contributed by atoms with Gasteiger partial charge in [-0.05, 0) is 0 Å². The average molecular weight is 233 g/mol. The van der Waals surface area contributed by atoms with Gasteiger partial charge in [-0.3, -0.25) is 0 Å². The van der Waals surface area contributed by atoms with Gasteiger partial charge in [0.25, 0.3) is 8.14 Å². The van der Waals surface area contributed by atoms with Crippen LogP contribution >= 0.6 is 55.4 Å². The van der Waals surface area contributed by atoms with Crippen LogP contribution in [0.2, 0.25) is 0 Å². The summed E-state index contributed by atoms with van der Waals surface area (Å²) in [6.45, 7) is -1.46. The zero-order chi connectivity index (χ0) is 6.28. The van der Waals surface area contributed by atoms with Gasteiger partial charge in [0, 0.05) is 0 Å². The van der Waals surface area contributed by atoms with Crippen molar-refractivity contribution < 1.29 is 0 Å². The first-order chi connectivity index (χ1) is 3.15. The van der Waals surface area contributed by atoms with Crippen molar-refractivity contribution >= 4 is 70.3 Å². The molecule has 0 aliphatic rings. The summed E-state index contributed by atoms with van der Waals surface area (Å²) in [5.74, 6) is 0. The lowest BCUT2D eigenvalue weighted by atomic mass is 27.7. The standard InChI is InChI=1S/Cl3Si.Cl2Si/c1-4(2)3;1-3-2. The van der Waals surface area contributed by atoms with Crippen LogP contribution in [0.1, 0.15) is 0 Å². The second-order valence-electron chi connectivity index (χ2n) is 0.286. The van der Waals surface area contributed by atoms with Crippen LogP contribution in [0.25, 0.3) is 0 Å². The third-order valence-electron chi connectivity index (χ3n) is 0. The highest BCUT2D eigenvalue weighted by molar-refractivity contribution is 7.54. The molecule has 0 N–H and O–H groups in total. The molecule has 0 bridgehead atoms. The number of rotatable bonds is 0. The largest absolute Gasteiger partial charge is 0.376 e. The lowest BCUT2D eigenvalue weighted by Crippen LogP contribution is -1.66. The Balaban J connectivity index is 0. The van der Waals surface area contributed by atoms with Crippen LogP contribution in [-0.2, 0) is 0 Å². The highest BCUT2D eigenvalue weighted by atomic mass is 35.8. The summed E-state index contributed by atoms with van der Waals surface area (Å²) in [7, 11) is 0.0278. The zero-order valence-corrected chi connectivity index (χ0v) is 8.67. The third-order valence-corrected chi connectivity index (χ3v) is 0. The van der Waals surface area contributed by atoms with Crippen molar-refractivity contribution in [1.29, 1.82) is 0 Å². The molecule has 0 heterocycles. The van der Waals surface area contributed by atoms with Crippen LogP contribution in [0.5, 0.6) is 0 Å². The summed E-state index contributed by atoms with van der Waals surface area (Å²) >= 11 is 24.3. The smallest absolute Gasteiger partial charge is 0.148 e. The maximum Gasteiger partial charge on any atom is 0.376 e. The van der Waals surface area contributed by atoms with Crippen molar-refractivity contribution in [3.05, 3.63) is 0 Å².